The predicted molar refractivity (Wildman–Crippen MR) is 152 cm³/mol. The van der Waals surface area contributed by atoms with Gasteiger partial charge in [0.15, 0.2) is 20.2 Å². The van der Waals surface area contributed by atoms with Gasteiger partial charge in [-0.3, -0.25) is 4.79 Å². The van der Waals surface area contributed by atoms with Crippen molar-refractivity contribution in [2.24, 2.45) is 0 Å². The molecule has 3 rings (SSSR count). The molecule has 37 heavy (non-hydrogen) atoms. The van der Waals surface area contributed by atoms with Crippen LogP contribution < -0.4 is 0 Å². The summed E-state index contributed by atoms with van der Waals surface area (Å²) in [6.45, 7) is 16.5. The zero-order valence-corrected chi connectivity index (χ0v) is 26.7. The highest BCUT2D eigenvalue weighted by Gasteiger charge is 2.66. The Kier molecular flexibility index (Phi) is 10.4. The molecule has 3 heterocycles. The van der Waals surface area contributed by atoms with Gasteiger partial charge in [0.05, 0.1) is 12.2 Å². The van der Waals surface area contributed by atoms with Crippen LogP contribution in [-0.4, -0.2) is 89.4 Å². The van der Waals surface area contributed by atoms with Crippen LogP contribution in [0.25, 0.3) is 0 Å². The highest BCUT2D eigenvalue weighted by atomic mass is 127. The molecule has 0 bridgehead atoms. The number of hydrogen-bond acceptors (Lipinski definition) is 8. The minimum absolute atomic E-state index is 0.0476. The molecule has 11 heteroatoms. The average molecular weight is 675 g/mol. The lowest BCUT2D eigenvalue weighted by atomic mass is 9.87. The topological polar surface area (TPSA) is 115 Å². The van der Waals surface area contributed by atoms with Gasteiger partial charge in [0.2, 0.25) is 5.79 Å². The quantitative estimate of drug-likeness (QED) is 0.180. The highest BCUT2D eigenvalue weighted by Crippen LogP contribution is 2.47. The summed E-state index contributed by atoms with van der Waals surface area (Å²) in [5, 5.41) is 33.0. The summed E-state index contributed by atoms with van der Waals surface area (Å²) < 4.78 is 26.3. The molecule has 3 saturated heterocycles. The first-order valence-electron chi connectivity index (χ1n) is 13.3. The lowest BCUT2D eigenvalue weighted by molar-refractivity contribution is -0.286. The van der Waals surface area contributed by atoms with Crippen molar-refractivity contribution < 1.29 is 38.8 Å². The number of carbonyl (C=O) groups excluding carboxylic acids is 1. The SMILES string of the molecule is C=C(I)C[C@H](Cl)CCC(=O)[C@H](O)C1(O)OC2C(OC3CCC(CC)O[C@@H]3C2O[Si](C)(C)C(C)(C)C)C1O. The number of allylic oxidation sites excluding steroid dienone is 1. The third-order valence-electron chi connectivity index (χ3n) is 8.39. The number of alkyl halides is 1. The Bertz CT molecular complexity index is 838. The van der Waals surface area contributed by atoms with E-state index in [1.807, 2.05) is 0 Å². The molecule has 0 saturated carbocycles. The fourth-order valence-corrected chi connectivity index (χ4v) is 7.47. The van der Waals surface area contributed by atoms with Crippen molar-refractivity contribution in [2.75, 3.05) is 0 Å². The molecular formula is C26H44ClIO8Si. The number of hydrogen-bond donors (Lipinski definition) is 3. The average Bonchev–Trinajstić information content (AvgIpc) is 3.06. The van der Waals surface area contributed by atoms with Gasteiger partial charge >= 0.3 is 0 Å². The molecule has 0 aromatic rings. The molecule has 0 aliphatic carbocycles. The number of ether oxygens (including phenoxy) is 3. The van der Waals surface area contributed by atoms with Crippen LogP contribution in [0, 0.1) is 0 Å². The van der Waals surface area contributed by atoms with Crippen molar-refractivity contribution in [2.45, 2.75) is 144 Å². The maximum absolute atomic E-state index is 12.9. The summed E-state index contributed by atoms with van der Waals surface area (Å²) in [6.07, 6.45) is -3.78. The third-order valence-corrected chi connectivity index (χ3v) is 13.7. The van der Waals surface area contributed by atoms with Gasteiger partial charge in [-0.2, -0.15) is 0 Å². The molecule has 0 aromatic carbocycles. The van der Waals surface area contributed by atoms with Gasteiger partial charge in [0, 0.05) is 11.8 Å². The van der Waals surface area contributed by atoms with E-state index in [4.69, 9.17) is 30.2 Å². The fraction of sp³-hybridized carbons (Fsp3) is 0.885. The Balaban J connectivity index is 1.85. The van der Waals surface area contributed by atoms with Gasteiger partial charge < -0.3 is 34.0 Å². The van der Waals surface area contributed by atoms with E-state index in [1.165, 1.54) is 0 Å². The minimum atomic E-state index is -2.53. The number of aliphatic hydroxyl groups is 3. The second-order valence-electron chi connectivity index (χ2n) is 12.2. The molecule has 0 amide bonds. The molecule has 0 spiro atoms. The van der Waals surface area contributed by atoms with Crippen LogP contribution in [0.15, 0.2) is 10.2 Å². The van der Waals surface area contributed by atoms with E-state index in [1.54, 1.807) is 0 Å². The zero-order valence-electron chi connectivity index (χ0n) is 22.8. The van der Waals surface area contributed by atoms with Crippen LogP contribution in [0.5, 0.6) is 0 Å². The van der Waals surface area contributed by atoms with Crippen molar-refractivity contribution in [1.29, 1.82) is 0 Å². The molecule has 8 nitrogen and oxygen atoms in total. The monoisotopic (exact) mass is 674 g/mol. The number of Topliss-reactive ketones (excluding diaryl/α,β-unsaturated/α-hetero) is 1. The van der Waals surface area contributed by atoms with Gasteiger partial charge in [-0.1, -0.05) is 34.3 Å². The van der Waals surface area contributed by atoms with Crippen LogP contribution in [0.2, 0.25) is 18.1 Å². The Morgan fingerprint density at radius 2 is 1.89 bits per heavy atom. The van der Waals surface area contributed by atoms with Crippen LogP contribution in [0.1, 0.15) is 66.2 Å². The third kappa shape index (κ3) is 6.82. The van der Waals surface area contributed by atoms with E-state index in [-0.39, 0.29) is 29.0 Å². The van der Waals surface area contributed by atoms with E-state index in [0.717, 1.165) is 22.8 Å². The van der Waals surface area contributed by atoms with Crippen LogP contribution in [0.4, 0.5) is 0 Å². The summed E-state index contributed by atoms with van der Waals surface area (Å²) in [7, 11) is -2.35. The Hall–Kier alpha value is 0.367. The molecule has 214 valence electrons. The van der Waals surface area contributed by atoms with Crippen molar-refractivity contribution in [3.8, 4) is 0 Å². The molecule has 3 N–H and O–H groups in total. The second-order valence-corrected chi connectivity index (χ2v) is 19.1. The highest BCUT2D eigenvalue weighted by molar-refractivity contribution is 14.1. The summed E-state index contributed by atoms with van der Waals surface area (Å²) in [5.74, 6) is -3.19. The number of halogens is 2. The molecule has 7 unspecified atom stereocenters. The molecule has 3 fully saturated rings. The lowest BCUT2D eigenvalue weighted by Crippen LogP contribution is -2.64. The normalized spacial score (nSPS) is 38.0. The Morgan fingerprint density at radius 3 is 2.46 bits per heavy atom. The van der Waals surface area contributed by atoms with Crippen LogP contribution in [0.3, 0.4) is 0 Å². The van der Waals surface area contributed by atoms with Gasteiger partial charge in [-0.05, 0) is 76.4 Å². The summed E-state index contributed by atoms with van der Waals surface area (Å²) in [4.78, 5) is 12.9. The number of carbonyl (C=O) groups is 1. The van der Waals surface area contributed by atoms with Gasteiger partial charge in [-0.15, -0.1) is 11.6 Å². The van der Waals surface area contributed by atoms with Crippen molar-refractivity contribution in [1.82, 2.24) is 0 Å². The number of rotatable bonds is 10. The number of aliphatic hydroxyl groups excluding tert-OH is 2. The molecule has 3 aliphatic rings. The van der Waals surface area contributed by atoms with E-state index >= 15 is 0 Å². The lowest BCUT2D eigenvalue weighted by Gasteiger charge is -2.51. The van der Waals surface area contributed by atoms with Crippen molar-refractivity contribution in [3.63, 3.8) is 0 Å². The van der Waals surface area contributed by atoms with E-state index in [9.17, 15) is 20.1 Å². The van der Waals surface area contributed by atoms with Gasteiger partial charge in [-0.25, -0.2) is 0 Å². The summed E-state index contributed by atoms with van der Waals surface area (Å²) >= 11 is 8.35. The Morgan fingerprint density at radius 1 is 1.24 bits per heavy atom. The summed E-state index contributed by atoms with van der Waals surface area (Å²) in [6, 6.07) is 0. The molecular weight excluding hydrogens is 631 g/mol. The van der Waals surface area contributed by atoms with E-state index in [2.05, 4.69) is 70.0 Å². The van der Waals surface area contributed by atoms with Crippen LogP contribution >= 0.6 is 34.2 Å². The Labute approximate surface area is 240 Å². The fourth-order valence-electron chi connectivity index (χ4n) is 5.08. The molecule has 10 atom stereocenters. The maximum Gasteiger partial charge on any atom is 0.229 e. The van der Waals surface area contributed by atoms with Crippen molar-refractivity contribution in [3.05, 3.63) is 10.2 Å². The van der Waals surface area contributed by atoms with Gasteiger partial charge in [0.25, 0.3) is 0 Å². The number of fused-ring (bicyclic) bond motifs is 2. The second kappa shape index (κ2) is 12.1. The molecule has 0 aromatic heterocycles. The molecule has 0 radical (unpaired) electrons. The van der Waals surface area contributed by atoms with Crippen LogP contribution in [-0.2, 0) is 23.4 Å². The largest absolute Gasteiger partial charge is 0.408 e. The first-order chi connectivity index (χ1) is 17.0. The minimum Gasteiger partial charge on any atom is -0.408 e. The number of ketones is 1. The standard InChI is InChI=1S/C26H44ClIO8Si/c1-8-16-10-12-18-19(33-16)21(36-37(6,7)25(3,4)5)20-22(34-18)24(31)26(32,35-20)23(30)17(29)11-9-15(27)13-14(2)28/h15-16,18-24,30-32H,2,8-13H2,1,3-7H3/t15-,16?,18?,19+,20?,21?,22?,23+,24?,26?/m1/s1. The van der Waals surface area contributed by atoms with Crippen molar-refractivity contribution >= 4 is 48.3 Å². The first-order valence-corrected chi connectivity index (χ1v) is 17.7. The first kappa shape index (κ1) is 31.9. The smallest absolute Gasteiger partial charge is 0.229 e. The maximum atomic E-state index is 12.9. The van der Waals surface area contributed by atoms with E-state index < -0.39 is 56.5 Å². The molecule has 3 aliphatic heterocycles. The van der Waals surface area contributed by atoms with Gasteiger partial charge in [0.1, 0.15) is 30.5 Å². The summed E-state index contributed by atoms with van der Waals surface area (Å²) in [5.41, 5.74) is 0. The zero-order chi connectivity index (χ0) is 27.9. The predicted octanol–water partition coefficient (Wildman–Crippen LogP) is 4.21. The van der Waals surface area contributed by atoms with E-state index in [0.29, 0.717) is 12.8 Å².